The molecule has 2 heterocycles. The van der Waals surface area contributed by atoms with Crippen molar-refractivity contribution in [3.63, 3.8) is 0 Å². The summed E-state index contributed by atoms with van der Waals surface area (Å²) in [5.41, 5.74) is -1.09. The van der Waals surface area contributed by atoms with Gasteiger partial charge < -0.3 is 13.8 Å². The van der Waals surface area contributed by atoms with E-state index in [1.54, 1.807) is 0 Å². The fourth-order valence-electron chi connectivity index (χ4n) is 5.80. The zero-order chi connectivity index (χ0) is 23.4. The van der Waals surface area contributed by atoms with Crippen LogP contribution < -0.4 is 4.74 Å². The van der Waals surface area contributed by atoms with Gasteiger partial charge in [-0.3, -0.25) is 4.57 Å². The number of benzene rings is 2. The monoisotopic (exact) mass is 518 g/mol. The van der Waals surface area contributed by atoms with Gasteiger partial charge in [-0.05, 0) is 55.7 Å². The molecule has 1 aliphatic carbocycles. The molecule has 178 valence electrons. The summed E-state index contributed by atoms with van der Waals surface area (Å²) in [6, 6.07) is 7.53. The van der Waals surface area contributed by atoms with E-state index in [0.717, 1.165) is 12.1 Å². The summed E-state index contributed by atoms with van der Waals surface area (Å²) in [4.78, 5) is -0.0372. The lowest BCUT2D eigenvalue weighted by Crippen LogP contribution is -2.59. The van der Waals surface area contributed by atoms with Crippen LogP contribution in [0.5, 0.6) is 5.75 Å². The predicted octanol–water partition coefficient (Wildman–Crippen LogP) is 5.29. The molecular formula is C22H22ClF2O6PS. The van der Waals surface area contributed by atoms with Crippen LogP contribution in [-0.4, -0.2) is 28.2 Å². The summed E-state index contributed by atoms with van der Waals surface area (Å²) in [5.74, 6) is -2.81. The van der Waals surface area contributed by atoms with E-state index in [0.29, 0.717) is 24.3 Å². The molecule has 2 aliphatic heterocycles. The highest BCUT2D eigenvalue weighted by atomic mass is 35.5. The fourth-order valence-corrected chi connectivity index (χ4v) is 9.16. The van der Waals surface area contributed by atoms with Crippen molar-refractivity contribution in [2.45, 2.75) is 35.3 Å². The van der Waals surface area contributed by atoms with Crippen LogP contribution in [0.2, 0.25) is 5.02 Å². The molecule has 33 heavy (non-hydrogen) atoms. The molecule has 0 aromatic heterocycles. The highest BCUT2D eigenvalue weighted by Crippen LogP contribution is 2.63. The van der Waals surface area contributed by atoms with Gasteiger partial charge in [0.15, 0.2) is 21.4 Å². The van der Waals surface area contributed by atoms with Gasteiger partial charge in [0, 0.05) is 16.4 Å². The Kier molecular flexibility index (Phi) is 5.85. The fraction of sp³-hybridized carbons (Fsp3) is 0.455. The molecule has 2 aromatic rings. The van der Waals surface area contributed by atoms with E-state index in [1.807, 2.05) is 0 Å². The molecule has 1 saturated carbocycles. The van der Waals surface area contributed by atoms with Gasteiger partial charge in [0.2, 0.25) is 0 Å². The second kappa shape index (κ2) is 8.31. The van der Waals surface area contributed by atoms with Crippen LogP contribution in [-0.2, 0) is 28.2 Å². The first kappa shape index (κ1) is 23.2. The topological polar surface area (TPSA) is 78.9 Å². The summed E-state index contributed by atoms with van der Waals surface area (Å²) < 4.78 is 85.5. The molecule has 1 unspecified atom stereocenters. The SMILES string of the molecule is O=[PH]1OCC[C@]2(CCC[C@@]3(S(=O)(=O)c4ccc(Cl)cc4)c4c(F)ccc(F)c4OC[C@@H]23)CO1. The number of rotatable bonds is 2. The van der Waals surface area contributed by atoms with E-state index in [2.05, 4.69) is 0 Å². The lowest BCUT2D eigenvalue weighted by molar-refractivity contribution is -0.0318. The third-order valence-corrected chi connectivity index (χ3v) is 10.9. The average molecular weight is 519 g/mol. The number of hydrogen-bond donors (Lipinski definition) is 0. The van der Waals surface area contributed by atoms with Crippen LogP contribution in [0.15, 0.2) is 41.3 Å². The second-order valence-electron chi connectivity index (χ2n) is 8.80. The first-order valence-corrected chi connectivity index (χ1v) is 13.7. The van der Waals surface area contributed by atoms with Crippen LogP contribution in [0.4, 0.5) is 8.78 Å². The highest BCUT2D eigenvalue weighted by Gasteiger charge is 2.65. The molecule has 6 nitrogen and oxygen atoms in total. The van der Waals surface area contributed by atoms with Gasteiger partial charge in [-0.2, -0.15) is 0 Å². The van der Waals surface area contributed by atoms with Crippen molar-refractivity contribution in [3.05, 3.63) is 58.6 Å². The van der Waals surface area contributed by atoms with Crippen LogP contribution >= 0.6 is 19.9 Å². The van der Waals surface area contributed by atoms with Crippen molar-refractivity contribution < 1.29 is 35.5 Å². The van der Waals surface area contributed by atoms with E-state index >= 15 is 4.39 Å². The zero-order valence-corrected chi connectivity index (χ0v) is 20.1. The largest absolute Gasteiger partial charge is 0.490 e. The quantitative estimate of drug-likeness (QED) is 0.502. The number of ether oxygens (including phenoxy) is 1. The number of halogens is 3. The van der Waals surface area contributed by atoms with Crippen LogP contribution in [0, 0.1) is 23.0 Å². The minimum Gasteiger partial charge on any atom is -0.490 e. The summed E-state index contributed by atoms with van der Waals surface area (Å²) >= 11 is 5.98. The second-order valence-corrected chi connectivity index (χ2v) is 12.5. The average Bonchev–Trinajstić information content (AvgIpc) is 2.98. The Morgan fingerprint density at radius 1 is 1.00 bits per heavy atom. The predicted molar refractivity (Wildman–Crippen MR) is 117 cm³/mol. The van der Waals surface area contributed by atoms with E-state index in [-0.39, 0.29) is 42.4 Å². The lowest BCUT2D eigenvalue weighted by atomic mass is 9.58. The number of fused-ring (bicyclic) bond motifs is 4. The van der Waals surface area contributed by atoms with Crippen molar-refractivity contribution in [1.82, 2.24) is 0 Å². The van der Waals surface area contributed by atoms with Crippen LogP contribution in [0.25, 0.3) is 0 Å². The molecular weight excluding hydrogens is 497 g/mol. The van der Waals surface area contributed by atoms with Crippen LogP contribution in [0.3, 0.4) is 0 Å². The maximum Gasteiger partial charge on any atom is 0.319 e. The molecule has 2 aromatic carbocycles. The summed E-state index contributed by atoms with van der Waals surface area (Å²) in [5, 5.41) is 0.354. The van der Waals surface area contributed by atoms with Crippen LogP contribution in [0.1, 0.15) is 31.2 Å². The van der Waals surface area contributed by atoms with Crippen molar-refractivity contribution in [2.75, 3.05) is 19.8 Å². The molecule has 2 fully saturated rings. The van der Waals surface area contributed by atoms with Crippen molar-refractivity contribution in [2.24, 2.45) is 11.3 Å². The Morgan fingerprint density at radius 3 is 2.48 bits per heavy atom. The van der Waals surface area contributed by atoms with Gasteiger partial charge >= 0.3 is 8.25 Å². The minimum absolute atomic E-state index is 0.0109. The maximum atomic E-state index is 15.4. The Labute approximate surface area is 196 Å². The third-order valence-electron chi connectivity index (χ3n) is 7.30. The van der Waals surface area contributed by atoms with Crippen molar-refractivity contribution in [3.8, 4) is 5.75 Å². The molecule has 5 rings (SSSR count). The molecule has 0 bridgehead atoms. The lowest BCUT2D eigenvalue weighted by Gasteiger charge is -2.55. The van der Waals surface area contributed by atoms with Gasteiger partial charge in [-0.1, -0.05) is 18.0 Å². The zero-order valence-electron chi connectivity index (χ0n) is 17.5. The molecule has 1 saturated heterocycles. The van der Waals surface area contributed by atoms with E-state index < -0.39 is 45.8 Å². The summed E-state index contributed by atoms with van der Waals surface area (Å²) in [7, 11) is -6.98. The van der Waals surface area contributed by atoms with Gasteiger partial charge in [0.1, 0.15) is 10.6 Å². The molecule has 11 heteroatoms. The van der Waals surface area contributed by atoms with E-state index in [9.17, 15) is 17.4 Å². The molecule has 3 aliphatic rings. The Morgan fingerprint density at radius 2 is 1.73 bits per heavy atom. The van der Waals surface area contributed by atoms with E-state index in [1.165, 1.54) is 24.3 Å². The first-order valence-electron chi connectivity index (χ1n) is 10.6. The molecule has 1 spiro atoms. The van der Waals surface area contributed by atoms with Gasteiger partial charge in [0.25, 0.3) is 0 Å². The molecule has 0 radical (unpaired) electrons. The minimum atomic E-state index is -4.27. The maximum absolute atomic E-state index is 15.4. The number of sulfone groups is 1. The van der Waals surface area contributed by atoms with Crippen molar-refractivity contribution in [1.29, 1.82) is 0 Å². The molecule has 4 atom stereocenters. The Balaban J connectivity index is 1.79. The highest BCUT2D eigenvalue weighted by molar-refractivity contribution is 7.92. The molecule has 0 N–H and O–H groups in total. The number of hydrogen-bond acceptors (Lipinski definition) is 6. The normalized spacial score (nSPS) is 31.8. The van der Waals surface area contributed by atoms with Gasteiger partial charge in [-0.15, -0.1) is 0 Å². The van der Waals surface area contributed by atoms with Gasteiger partial charge in [-0.25, -0.2) is 17.2 Å². The van der Waals surface area contributed by atoms with E-state index in [4.69, 9.17) is 25.4 Å². The third kappa shape index (κ3) is 3.47. The molecule has 0 amide bonds. The Bertz CT molecular complexity index is 1220. The summed E-state index contributed by atoms with van der Waals surface area (Å²) in [6.07, 6.45) is 1.42. The smallest absolute Gasteiger partial charge is 0.319 e. The van der Waals surface area contributed by atoms with Gasteiger partial charge in [0.05, 0.1) is 30.3 Å². The first-order chi connectivity index (χ1) is 15.7. The van der Waals surface area contributed by atoms with Crippen molar-refractivity contribution >= 4 is 29.7 Å². The summed E-state index contributed by atoms with van der Waals surface area (Å²) in [6.45, 7) is -0.0443. The standard InChI is InChI=1S/C22H22ClF2O6PS/c23-14-2-4-15(5-3-14)33(27,28)22-9-1-8-21(10-11-30-32(26)31-13-21)18(22)12-29-20-17(25)7-6-16(24)19(20)22/h2-7,18,32H,1,8-13H2/t18-,21+,22-/m0/s1. The Hall–Kier alpha value is -1.51.